The smallest absolute Gasteiger partial charge is 0.217 e. The van der Waals surface area contributed by atoms with Crippen molar-refractivity contribution in [1.82, 2.24) is 10.6 Å². The quantitative estimate of drug-likeness (QED) is 0.722. The lowest BCUT2D eigenvalue weighted by molar-refractivity contribution is -0.120. The summed E-state index contributed by atoms with van der Waals surface area (Å²) in [4.78, 5) is 11.5. The first kappa shape index (κ1) is 19.9. The van der Waals surface area contributed by atoms with Gasteiger partial charge in [-0.25, -0.2) is 0 Å². The molecule has 0 aromatic heterocycles. The Labute approximate surface area is 162 Å². The number of benzene rings is 2. The molecule has 1 saturated carbocycles. The molecule has 0 bridgehead atoms. The molecular weight excluding hydrogens is 355 g/mol. The maximum atomic E-state index is 14.0. The van der Waals surface area contributed by atoms with Gasteiger partial charge in [0.05, 0.1) is 0 Å². The minimum absolute atomic E-state index is 0.0212. The van der Waals surface area contributed by atoms with Crippen LogP contribution >= 0.6 is 7.14 Å². The van der Waals surface area contributed by atoms with Crippen molar-refractivity contribution in [1.29, 1.82) is 0 Å². The average molecular weight is 384 g/mol. The second kappa shape index (κ2) is 9.34. The third-order valence-corrected chi connectivity index (χ3v) is 8.45. The minimum atomic E-state index is -2.69. The predicted octanol–water partition coefficient (Wildman–Crippen LogP) is 3.04. The molecule has 144 valence electrons. The number of carbonyl (C=O) groups excluding carboxylic acids is 1. The van der Waals surface area contributed by atoms with Crippen molar-refractivity contribution < 1.29 is 9.36 Å². The summed E-state index contributed by atoms with van der Waals surface area (Å²) in [5.74, 6) is 0.0212. The van der Waals surface area contributed by atoms with Crippen LogP contribution in [-0.4, -0.2) is 30.7 Å². The van der Waals surface area contributed by atoms with Gasteiger partial charge in [0.15, 0.2) is 0 Å². The molecule has 2 atom stereocenters. The van der Waals surface area contributed by atoms with E-state index in [4.69, 9.17) is 0 Å². The number of carbonyl (C=O) groups is 1. The SMILES string of the molecule is CC(=O)N[C@@H]1CCCC[C@H]1NCCP(=O)(c1ccccc1)c1ccccc1. The Hall–Kier alpha value is -1.90. The van der Waals surface area contributed by atoms with Gasteiger partial charge in [0, 0.05) is 42.3 Å². The first-order valence-electron chi connectivity index (χ1n) is 9.80. The number of hydrogen-bond acceptors (Lipinski definition) is 3. The van der Waals surface area contributed by atoms with Crippen molar-refractivity contribution in [3.05, 3.63) is 60.7 Å². The second-order valence-corrected chi connectivity index (χ2v) is 10.2. The highest BCUT2D eigenvalue weighted by atomic mass is 31.2. The molecule has 0 unspecified atom stereocenters. The van der Waals surface area contributed by atoms with Gasteiger partial charge in [-0.05, 0) is 12.8 Å². The van der Waals surface area contributed by atoms with Crippen LogP contribution in [0, 0.1) is 0 Å². The highest BCUT2D eigenvalue weighted by Gasteiger charge is 2.29. The minimum Gasteiger partial charge on any atom is -0.352 e. The molecule has 0 radical (unpaired) electrons. The van der Waals surface area contributed by atoms with E-state index in [9.17, 15) is 9.36 Å². The zero-order valence-electron chi connectivity index (χ0n) is 15.9. The molecule has 2 N–H and O–H groups in total. The monoisotopic (exact) mass is 384 g/mol. The second-order valence-electron chi connectivity index (χ2n) is 7.29. The predicted molar refractivity (Wildman–Crippen MR) is 112 cm³/mol. The third kappa shape index (κ3) is 5.09. The molecule has 5 heteroatoms. The fourth-order valence-electron chi connectivity index (χ4n) is 3.96. The number of hydrogen-bond donors (Lipinski definition) is 2. The molecule has 0 aliphatic heterocycles. The van der Waals surface area contributed by atoms with Gasteiger partial charge in [0.25, 0.3) is 0 Å². The van der Waals surface area contributed by atoms with Gasteiger partial charge in [-0.3, -0.25) is 4.79 Å². The lowest BCUT2D eigenvalue weighted by Crippen LogP contribution is -2.51. The largest absolute Gasteiger partial charge is 0.352 e. The molecule has 1 aliphatic rings. The summed E-state index contributed by atoms with van der Waals surface area (Å²) in [5.41, 5.74) is 0. The summed E-state index contributed by atoms with van der Waals surface area (Å²) in [6.45, 7) is 2.24. The van der Waals surface area contributed by atoms with Gasteiger partial charge in [-0.15, -0.1) is 0 Å². The van der Waals surface area contributed by atoms with Gasteiger partial charge in [-0.1, -0.05) is 73.5 Å². The van der Waals surface area contributed by atoms with Crippen molar-refractivity contribution >= 4 is 23.7 Å². The highest BCUT2D eigenvalue weighted by molar-refractivity contribution is 7.78. The van der Waals surface area contributed by atoms with E-state index in [0.717, 1.165) is 29.9 Å². The van der Waals surface area contributed by atoms with Crippen molar-refractivity contribution in [2.24, 2.45) is 0 Å². The maximum Gasteiger partial charge on any atom is 0.217 e. The highest BCUT2D eigenvalue weighted by Crippen LogP contribution is 2.42. The van der Waals surface area contributed by atoms with Crippen LogP contribution in [-0.2, 0) is 9.36 Å². The lowest BCUT2D eigenvalue weighted by atomic mass is 9.90. The molecule has 2 aromatic carbocycles. The third-order valence-electron chi connectivity index (χ3n) is 5.33. The van der Waals surface area contributed by atoms with Crippen molar-refractivity contribution in [3.8, 4) is 0 Å². The zero-order chi connectivity index (χ0) is 19.1. The molecule has 1 fully saturated rings. The van der Waals surface area contributed by atoms with Crippen LogP contribution in [0.3, 0.4) is 0 Å². The molecule has 1 amide bonds. The molecule has 0 spiro atoms. The summed E-state index contributed by atoms with van der Waals surface area (Å²) >= 11 is 0. The Balaban J connectivity index is 1.72. The number of rotatable bonds is 7. The molecule has 3 rings (SSSR count). The summed E-state index contributed by atoms with van der Waals surface area (Å²) in [5, 5.41) is 8.46. The molecule has 27 heavy (non-hydrogen) atoms. The summed E-state index contributed by atoms with van der Waals surface area (Å²) in [6.07, 6.45) is 4.95. The first-order valence-corrected chi connectivity index (χ1v) is 11.7. The van der Waals surface area contributed by atoms with E-state index in [1.807, 2.05) is 60.7 Å². The summed E-state index contributed by atoms with van der Waals surface area (Å²) in [6, 6.07) is 20.0. The fourth-order valence-corrected chi connectivity index (χ4v) is 6.53. The van der Waals surface area contributed by atoms with Crippen LogP contribution in [0.4, 0.5) is 0 Å². The molecule has 4 nitrogen and oxygen atoms in total. The van der Waals surface area contributed by atoms with E-state index in [1.54, 1.807) is 6.92 Å². The fraction of sp³-hybridized carbons (Fsp3) is 0.409. The summed E-state index contributed by atoms with van der Waals surface area (Å²) in [7, 11) is -2.69. The standard InChI is InChI=1S/C22H29N2O2P/c1-18(25)24-22-15-9-8-14-21(22)23-16-17-27(26,19-10-4-2-5-11-19)20-12-6-3-7-13-20/h2-7,10-13,21-23H,8-9,14-17H2,1H3,(H,24,25)/t21-,22-/m1/s1. The first-order chi connectivity index (χ1) is 13.1. The van der Waals surface area contributed by atoms with Crippen molar-refractivity contribution in [2.75, 3.05) is 12.7 Å². The Morgan fingerprint density at radius 3 is 1.96 bits per heavy atom. The molecule has 2 aromatic rings. The van der Waals surface area contributed by atoms with E-state index >= 15 is 0 Å². The van der Waals surface area contributed by atoms with Crippen LogP contribution in [0.5, 0.6) is 0 Å². The van der Waals surface area contributed by atoms with E-state index in [2.05, 4.69) is 10.6 Å². The Morgan fingerprint density at radius 2 is 1.44 bits per heavy atom. The zero-order valence-corrected chi connectivity index (χ0v) is 16.8. The number of nitrogens with one attached hydrogen (secondary N) is 2. The molecule has 1 aliphatic carbocycles. The van der Waals surface area contributed by atoms with Gasteiger partial charge < -0.3 is 15.2 Å². The van der Waals surface area contributed by atoms with Crippen LogP contribution in [0.25, 0.3) is 0 Å². The van der Waals surface area contributed by atoms with Crippen LogP contribution in [0.2, 0.25) is 0 Å². The number of amides is 1. The van der Waals surface area contributed by atoms with Crippen LogP contribution < -0.4 is 21.2 Å². The van der Waals surface area contributed by atoms with Crippen LogP contribution in [0.1, 0.15) is 32.6 Å². The van der Waals surface area contributed by atoms with Gasteiger partial charge >= 0.3 is 0 Å². The lowest BCUT2D eigenvalue weighted by Gasteiger charge is -2.33. The molecule has 0 heterocycles. The molecular formula is C22H29N2O2P. The maximum absolute atomic E-state index is 14.0. The van der Waals surface area contributed by atoms with E-state index in [-0.39, 0.29) is 18.0 Å². The Kier molecular flexibility index (Phi) is 6.87. The Bertz CT molecular complexity index is 736. The van der Waals surface area contributed by atoms with Gasteiger partial charge in [0.1, 0.15) is 7.14 Å². The molecule has 0 saturated heterocycles. The van der Waals surface area contributed by atoms with Crippen LogP contribution in [0.15, 0.2) is 60.7 Å². The van der Waals surface area contributed by atoms with Gasteiger partial charge in [0.2, 0.25) is 5.91 Å². The average Bonchev–Trinajstić information content (AvgIpc) is 2.70. The van der Waals surface area contributed by atoms with E-state index < -0.39 is 7.14 Å². The Morgan fingerprint density at radius 1 is 0.926 bits per heavy atom. The van der Waals surface area contributed by atoms with E-state index in [1.165, 1.54) is 6.42 Å². The summed E-state index contributed by atoms with van der Waals surface area (Å²) < 4.78 is 14.0. The van der Waals surface area contributed by atoms with Crippen molar-refractivity contribution in [2.45, 2.75) is 44.7 Å². The normalized spacial score (nSPS) is 20.2. The van der Waals surface area contributed by atoms with E-state index in [0.29, 0.717) is 12.7 Å². The van der Waals surface area contributed by atoms with Crippen molar-refractivity contribution in [3.63, 3.8) is 0 Å². The topological polar surface area (TPSA) is 58.2 Å². The van der Waals surface area contributed by atoms with Gasteiger partial charge in [-0.2, -0.15) is 0 Å².